The zero-order valence-electron chi connectivity index (χ0n) is 11.3. The smallest absolute Gasteiger partial charge is 0.156 e. The van der Waals surface area contributed by atoms with Crippen molar-refractivity contribution in [3.8, 4) is 11.8 Å². The molecule has 2 heterocycles. The van der Waals surface area contributed by atoms with Gasteiger partial charge in [-0.2, -0.15) is 0 Å². The first kappa shape index (κ1) is 14.0. The molecule has 2 aromatic rings. The monoisotopic (exact) mass is 319 g/mol. The Bertz CT molecular complexity index is 647. The van der Waals surface area contributed by atoms with Crippen molar-refractivity contribution in [3.05, 3.63) is 28.0 Å². The zero-order valence-corrected chi connectivity index (χ0v) is 12.9. The molecule has 19 heavy (non-hydrogen) atoms. The molecule has 0 fully saturated rings. The zero-order chi connectivity index (χ0) is 13.8. The van der Waals surface area contributed by atoms with Crippen molar-refractivity contribution in [2.75, 3.05) is 5.73 Å². The molecule has 4 heteroatoms. The van der Waals surface area contributed by atoms with Crippen molar-refractivity contribution in [1.82, 2.24) is 9.38 Å². The van der Waals surface area contributed by atoms with E-state index in [2.05, 4.69) is 39.7 Å². The first-order valence-electron chi connectivity index (χ1n) is 6.56. The number of hydrogen-bond acceptors (Lipinski definition) is 2. The van der Waals surface area contributed by atoms with E-state index >= 15 is 0 Å². The number of hydrogen-bond donors (Lipinski definition) is 1. The lowest BCUT2D eigenvalue weighted by Crippen LogP contribution is -1.95. The van der Waals surface area contributed by atoms with Crippen molar-refractivity contribution in [1.29, 1.82) is 0 Å². The molecule has 0 aliphatic carbocycles. The van der Waals surface area contributed by atoms with Crippen molar-refractivity contribution >= 4 is 27.4 Å². The summed E-state index contributed by atoms with van der Waals surface area (Å²) in [5.74, 6) is 6.84. The quantitative estimate of drug-likeness (QED) is 0.688. The number of pyridine rings is 1. The highest BCUT2D eigenvalue weighted by atomic mass is 79.9. The van der Waals surface area contributed by atoms with E-state index in [1.807, 2.05) is 23.6 Å². The van der Waals surface area contributed by atoms with Gasteiger partial charge in [-0.15, -0.1) is 0 Å². The number of anilines is 1. The van der Waals surface area contributed by atoms with Gasteiger partial charge in [-0.05, 0) is 46.8 Å². The van der Waals surface area contributed by atoms with Crippen LogP contribution in [0.1, 0.15) is 43.9 Å². The summed E-state index contributed by atoms with van der Waals surface area (Å²) in [7, 11) is 0. The van der Waals surface area contributed by atoms with E-state index in [4.69, 9.17) is 5.73 Å². The van der Waals surface area contributed by atoms with E-state index in [-0.39, 0.29) is 0 Å². The maximum absolute atomic E-state index is 6.09. The molecule has 0 aliphatic rings. The third kappa shape index (κ3) is 3.10. The highest BCUT2D eigenvalue weighted by Gasteiger charge is 2.10. The molecule has 0 aliphatic heterocycles. The molecule has 0 saturated carbocycles. The van der Waals surface area contributed by atoms with Crippen LogP contribution in [0.15, 0.2) is 16.7 Å². The minimum Gasteiger partial charge on any atom is -0.382 e. The van der Waals surface area contributed by atoms with Crippen molar-refractivity contribution in [2.24, 2.45) is 0 Å². The van der Waals surface area contributed by atoms with Crippen LogP contribution >= 0.6 is 15.9 Å². The van der Waals surface area contributed by atoms with Gasteiger partial charge >= 0.3 is 0 Å². The number of fused-ring (bicyclic) bond motifs is 1. The molecule has 0 bridgehead atoms. The van der Waals surface area contributed by atoms with Gasteiger partial charge in [0.1, 0.15) is 5.82 Å². The Kier molecular flexibility index (Phi) is 4.49. The normalized spacial score (nSPS) is 10.5. The third-order valence-corrected chi connectivity index (χ3v) is 3.54. The van der Waals surface area contributed by atoms with E-state index < -0.39 is 0 Å². The average molecular weight is 320 g/mol. The first-order chi connectivity index (χ1) is 9.13. The van der Waals surface area contributed by atoms with Crippen LogP contribution < -0.4 is 5.73 Å². The fourth-order valence-corrected chi connectivity index (χ4v) is 2.59. The van der Waals surface area contributed by atoms with E-state index in [0.29, 0.717) is 11.5 Å². The number of aromatic nitrogens is 2. The summed E-state index contributed by atoms with van der Waals surface area (Å²) < 4.78 is 2.83. The highest BCUT2D eigenvalue weighted by molar-refractivity contribution is 9.10. The average Bonchev–Trinajstić information content (AvgIpc) is 2.68. The van der Waals surface area contributed by atoms with E-state index in [0.717, 1.165) is 28.5 Å². The molecule has 100 valence electrons. The number of rotatable bonds is 3. The Balaban J connectivity index is 2.30. The molecule has 0 spiro atoms. The van der Waals surface area contributed by atoms with Gasteiger partial charge in [0.05, 0.1) is 4.47 Å². The van der Waals surface area contributed by atoms with Crippen molar-refractivity contribution in [2.45, 2.75) is 39.5 Å². The number of nitrogen functional groups attached to an aromatic ring is 1. The van der Waals surface area contributed by atoms with Gasteiger partial charge in [0.2, 0.25) is 0 Å². The number of unbranched alkanes of at least 4 members (excludes halogenated alkanes) is 3. The van der Waals surface area contributed by atoms with Gasteiger partial charge in [0.15, 0.2) is 11.3 Å². The molecule has 0 aromatic carbocycles. The topological polar surface area (TPSA) is 43.3 Å². The number of nitrogens with zero attached hydrogens (tertiary/aromatic N) is 2. The van der Waals surface area contributed by atoms with Gasteiger partial charge < -0.3 is 5.73 Å². The fourth-order valence-electron chi connectivity index (χ4n) is 1.95. The maximum Gasteiger partial charge on any atom is 0.156 e. The number of aryl methyl sites for hydroxylation is 1. The second-order valence-electron chi connectivity index (χ2n) is 4.66. The van der Waals surface area contributed by atoms with Gasteiger partial charge in [-0.25, -0.2) is 4.98 Å². The van der Waals surface area contributed by atoms with Gasteiger partial charge in [-0.3, -0.25) is 4.40 Å². The maximum atomic E-state index is 6.09. The molecule has 0 unspecified atom stereocenters. The molecule has 0 radical (unpaired) electrons. The molecular formula is C15H18BrN3. The third-order valence-electron chi connectivity index (χ3n) is 2.96. The lowest BCUT2D eigenvalue weighted by molar-refractivity contribution is 0.737. The van der Waals surface area contributed by atoms with E-state index in [1.165, 1.54) is 12.8 Å². The van der Waals surface area contributed by atoms with Crippen LogP contribution in [0.5, 0.6) is 0 Å². The molecule has 0 saturated heterocycles. The summed E-state index contributed by atoms with van der Waals surface area (Å²) in [6.07, 6.45) is 6.45. The molecule has 0 atom stereocenters. The summed E-state index contributed by atoms with van der Waals surface area (Å²) in [6, 6.07) is 2.03. The summed E-state index contributed by atoms with van der Waals surface area (Å²) in [6.45, 7) is 4.22. The minimum absolute atomic E-state index is 0.613. The molecular weight excluding hydrogens is 302 g/mol. The Labute approximate surface area is 122 Å². The summed E-state index contributed by atoms with van der Waals surface area (Å²) in [5, 5.41) is 0. The second-order valence-corrected chi connectivity index (χ2v) is 5.52. The Morgan fingerprint density at radius 1 is 1.42 bits per heavy atom. The lowest BCUT2D eigenvalue weighted by Gasteiger charge is -2.00. The van der Waals surface area contributed by atoms with Crippen molar-refractivity contribution < 1.29 is 0 Å². The SMILES string of the molecule is CCCCCC#Cc1nc2c(Br)cc(C)cn2c1N. The van der Waals surface area contributed by atoms with Crippen LogP contribution in [0.3, 0.4) is 0 Å². The van der Waals surface area contributed by atoms with Crippen molar-refractivity contribution in [3.63, 3.8) is 0 Å². The van der Waals surface area contributed by atoms with Gasteiger partial charge in [-0.1, -0.05) is 25.7 Å². The summed E-state index contributed by atoms with van der Waals surface area (Å²) in [5.41, 5.74) is 8.71. The summed E-state index contributed by atoms with van der Waals surface area (Å²) >= 11 is 3.51. The first-order valence-corrected chi connectivity index (χ1v) is 7.35. The second kappa shape index (κ2) is 6.12. The summed E-state index contributed by atoms with van der Waals surface area (Å²) in [4.78, 5) is 4.49. The van der Waals surface area contributed by atoms with Gasteiger partial charge in [0.25, 0.3) is 0 Å². The van der Waals surface area contributed by atoms with Crippen LogP contribution in [0.2, 0.25) is 0 Å². The lowest BCUT2D eigenvalue weighted by atomic mass is 10.2. The van der Waals surface area contributed by atoms with Crippen LogP contribution in [0.4, 0.5) is 5.82 Å². The standard InChI is InChI=1S/C15H18BrN3/c1-3-4-5-6-7-8-13-14(17)19-10-11(2)9-12(16)15(19)18-13/h9-10H,3-6,17H2,1-2H3. The van der Waals surface area contributed by atoms with E-state index in [1.54, 1.807) is 0 Å². The highest BCUT2D eigenvalue weighted by Crippen LogP contribution is 2.23. The van der Waals surface area contributed by atoms with Crippen LogP contribution in [-0.2, 0) is 0 Å². The predicted molar refractivity (Wildman–Crippen MR) is 83.1 cm³/mol. The largest absolute Gasteiger partial charge is 0.382 e. The van der Waals surface area contributed by atoms with Gasteiger partial charge in [0, 0.05) is 12.6 Å². The number of imidazole rings is 1. The molecule has 2 N–H and O–H groups in total. The number of halogens is 1. The number of nitrogens with two attached hydrogens (primary N) is 1. The fraction of sp³-hybridized carbons (Fsp3) is 0.400. The Morgan fingerprint density at radius 2 is 2.21 bits per heavy atom. The Hall–Kier alpha value is -1.47. The Morgan fingerprint density at radius 3 is 2.95 bits per heavy atom. The van der Waals surface area contributed by atoms with Crippen LogP contribution in [0, 0.1) is 18.8 Å². The molecule has 0 amide bonds. The van der Waals surface area contributed by atoms with Crippen LogP contribution in [0.25, 0.3) is 5.65 Å². The molecule has 2 aromatic heterocycles. The van der Waals surface area contributed by atoms with Crippen LogP contribution in [-0.4, -0.2) is 9.38 Å². The molecule has 3 nitrogen and oxygen atoms in total. The minimum atomic E-state index is 0.613. The predicted octanol–water partition coefficient (Wildman–Crippen LogP) is 3.92. The molecule has 2 rings (SSSR count). The van der Waals surface area contributed by atoms with E-state index in [9.17, 15) is 0 Å².